The molecule has 0 aromatic carbocycles. The van der Waals surface area contributed by atoms with Crippen molar-refractivity contribution < 1.29 is 24.1 Å². The van der Waals surface area contributed by atoms with Crippen molar-refractivity contribution in [3.05, 3.63) is 22.8 Å². The molecule has 162 valence electrons. The Bertz CT molecular complexity index is 721. The smallest absolute Gasteiger partial charge is 0.172 e. The summed E-state index contributed by atoms with van der Waals surface area (Å²) in [4.78, 5) is 0. The molecule has 5 nitrogen and oxygen atoms in total. The minimum atomic E-state index is -0.591. The normalized spacial score (nSPS) is 41.7. The van der Waals surface area contributed by atoms with Crippen molar-refractivity contribution in [1.82, 2.24) is 0 Å². The Morgan fingerprint density at radius 2 is 1.97 bits per heavy atom. The summed E-state index contributed by atoms with van der Waals surface area (Å²) in [6.07, 6.45) is 10.2. The summed E-state index contributed by atoms with van der Waals surface area (Å²) in [6.45, 7) is 4.14. The number of rotatable bonds is 4. The van der Waals surface area contributed by atoms with Gasteiger partial charge in [-0.15, -0.1) is 0 Å². The van der Waals surface area contributed by atoms with Crippen LogP contribution in [0.1, 0.15) is 58.3 Å². The van der Waals surface area contributed by atoms with Crippen LogP contribution in [0.2, 0.25) is 0 Å². The van der Waals surface area contributed by atoms with Gasteiger partial charge in [0.15, 0.2) is 5.79 Å². The van der Waals surface area contributed by atoms with Crippen molar-refractivity contribution in [2.45, 2.75) is 75.8 Å². The number of methoxy groups -OCH3 is 2. The molecule has 1 spiro atoms. The van der Waals surface area contributed by atoms with Crippen LogP contribution in [-0.2, 0) is 18.9 Å². The first-order valence-corrected chi connectivity index (χ1v) is 11.4. The first-order chi connectivity index (χ1) is 14.0. The highest BCUT2D eigenvalue weighted by atomic mass is 16.7. The van der Waals surface area contributed by atoms with Gasteiger partial charge in [-0.05, 0) is 61.5 Å². The SMILES string of the molecule is COC[C@H](O)[C@@]1(OC)CC[C@H]2[C@@H]3CCC4=C(CCC5(C4)OCCO5)C3=CC[C@@]21C. The standard InChI is InChI=1S/C24H36O5/c1-22-9-6-18-17-7-10-23(28-12-13-29-23)14-16(17)4-5-19(18)20(22)8-11-24(22,27-3)21(25)15-26-2/h6,19-21,25H,4-5,7-15H2,1-3H3/t19-,20+,21+,22+,24+/m1/s1. The maximum absolute atomic E-state index is 11.0. The number of ether oxygens (including phenoxy) is 4. The molecular formula is C24H36O5. The van der Waals surface area contributed by atoms with Crippen LogP contribution in [0.15, 0.2) is 22.8 Å². The Balaban J connectivity index is 1.46. The fourth-order valence-electron chi connectivity index (χ4n) is 7.64. The van der Waals surface area contributed by atoms with Gasteiger partial charge in [-0.1, -0.05) is 18.6 Å². The second-order valence-corrected chi connectivity index (χ2v) is 10.0. The second-order valence-electron chi connectivity index (χ2n) is 10.0. The highest BCUT2D eigenvalue weighted by Crippen LogP contribution is 2.64. The third kappa shape index (κ3) is 2.77. The molecule has 0 unspecified atom stereocenters. The molecule has 1 aliphatic heterocycles. The van der Waals surface area contributed by atoms with E-state index in [1.807, 2.05) is 0 Å². The van der Waals surface area contributed by atoms with Gasteiger partial charge in [0.25, 0.3) is 0 Å². The highest BCUT2D eigenvalue weighted by Gasteiger charge is 2.64. The van der Waals surface area contributed by atoms with E-state index in [0.29, 0.717) is 18.4 Å². The lowest BCUT2D eigenvalue weighted by Gasteiger charge is -2.53. The summed E-state index contributed by atoms with van der Waals surface area (Å²) in [5.41, 5.74) is 4.18. The Morgan fingerprint density at radius 1 is 1.17 bits per heavy atom. The summed E-state index contributed by atoms with van der Waals surface area (Å²) in [5.74, 6) is 0.801. The Labute approximate surface area is 174 Å². The zero-order chi connectivity index (χ0) is 20.3. The van der Waals surface area contributed by atoms with Gasteiger partial charge in [-0.25, -0.2) is 0 Å². The maximum atomic E-state index is 11.0. The molecule has 0 bridgehead atoms. The zero-order valence-electron chi connectivity index (χ0n) is 18.2. The van der Waals surface area contributed by atoms with E-state index in [2.05, 4.69) is 13.0 Å². The van der Waals surface area contributed by atoms with Crippen LogP contribution < -0.4 is 0 Å². The summed E-state index contributed by atoms with van der Waals surface area (Å²) in [6, 6.07) is 0. The van der Waals surface area contributed by atoms with Gasteiger partial charge < -0.3 is 24.1 Å². The molecular weight excluding hydrogens is 368 g/mol. The summed E-state index contributed by atoms with van der Waals surface area (Å²) in [7, 11) is 3.43. The van der Waals surface area contributed by atoms with Gasteiger partial charge in [-0.2, -0.15) is 0 Å². The van der Waals surface area contributed by atoms with Crippen molar-refractivity contribution in [3.63, 3.8) is 0 Å². The van der Waals surface area contributed by atoms with Gasteiger partial charge in [0, 0.05) is 32.5 Å². The second kappa shape index (κ2) is 7.16. The average molecular weight is 405 g/mol. The van der Waals surface area contributed by atoms with Gasteiger partial charge in [0.1, 0.15) is 11.7 Å². The lowest BCUT2D eigenvalue weighted by atomic mass is 9.55. The molecule has 4 aliphatic carbocycles. The predicted molar refractivity (Wildman–Crippen MR) is 109 cm³/mol. The predicted octanol–water partition coefficient (Wildman–Crippen LogP) is 3.76. The van der Waals surface area contributed by atoms with Gasteiger partial charge in [-0.3, -0.25) is 0 Å². The highest BCUT2D eigenvalue weighted by molar-refractivity contribution is 5.45. The number of hydrogen-bond acceptors (Lipinski definition) is 5. The van der Waals surface area contributed by atoms with Crippen molar-refractivity contribution in [2.75, 3.05) is 34.0 Å². The van der Waals surface area contributed by atoms with E-state index in [9.17, 15) is 5.11 Å². The number of aliphatic hydroxyl groups excluding tert-OH is 1. The summed E-state index contributed by atoms with van der Waals surface area (Å²) >= 11 is 0. The van der Waals surface area contributed by atoms with Gasteiger partial charge in [0.2, 0.25) is 0 Å². The minimum absolute atomic E-state index is 0.0561. The molecule has 29 heavy (non-hydrogen) atoms. The van der Waals surface area contributed by atoms with Crippen LogP contribution in [0.4, 0.5) is 0 Å². The van der Waals surface area contributed by atoms with Gasteiger partial charge >= 0.3 is 0 Å². The molecule has 5 rings (SSSR count). The molecule has 0 aromatic rings. The maximum Gasteiger partial charge on any atom is 0.172 e. The first-order valence-electron chi connectivity index (χ1n) is 11.4. The van der Waals surface area contributed by atoms with E-state index < -0.39 is 11.7 Å². The fourth-order valence-corrected chi connectivity index (χ4v) is 7.64. The van der Waals surface area contributed by atoms with E-state index in [1.54, 1.807) is 30.9 Å². The van der Waals surface area contributed by atoms with Crippen molar-refractivity contribution in [1.29, 1.82) is 0 Å². The number of aliphatic hydroxyl groups is 1. The van der Waals surface area contributed by atoms with Crippen molar-refractivity contribution in [2.24, 2.45) is 17.3 Å². The van der Waals surface area contributed by atoms with Crippen molar-refractivity contribution in [3.8, 4) is 0 Å². The monoisotopic (exact) mass is 404 g/mol. The molecule has 1 saturated carbocycles. The van der Waals surface area contributed by atoms with E-state index in [0.717, 1.165) is 58.2 Å². The first kappa shape index (κ1) is 20.2. The van der Waals surface area contributed by atoms with Crippen LogP contribution in [0.3, 0.4) is 0 Å². The van der Waals surface area contributed by atoms with Crippen LogP contribution in [-0.4, -0.2) is 56.6 Å². The lowest BCUT2D eigenvalue weighted by molar-refractivity contribution is -0.184. The van der Waals surface area contributed by atoms with E-state index in [4.69, 9.17) is 18.9 Å². The molecule has 1 heterocycles. The molecule has 5 heteroatoms. The summed E-state index contributed by atoms with van der Waals surface area (Å²) < 4.78 is 23.5. The number of fused-ring (bicyclic) bond motifs is 4. The third-order valence-electron chi connectivity index (χ3n) is 9.05. The third-order valence-corrected chi connectivity index (χ3v) is 9.05. The molecule has 0 radical (unpaired) electrons. The summed E-state index contributed by atoms with van der Waals surface area (Å²) in [5, 5.41) is 11.0. The average Bonchev–Trinajstić information content (AvgIpc) is 3.30. The molecule has 1 saturated heterocycles. The van der Waals surface area contributed by atoms with Gasteiger partial charge in [0.05, 0.1) is 19.8 Å². The lowest BCUT2D eigenvalue weighted by Crippen LogP contribution is -2.58. The van der Waals surface area contributed by atoms with Crippen LogP contribution in [0, 0.1) is 17.3 Å². The molecule has 5 aliphatic rings. The minimum Gasteiger partial charge on any atom is -0.388 e. The van der Waals surface area contributed by atoms with Crippen LogP contribution >= 0.6 is 0 Å². The Kier molecular flexibility index (Phi) is 4.99. The fraction of sp³-hybridized carbons (Fsp3) is 0.833. The van der Waals surface area contributed by atoms with Crippen molar-refractivity contribution >= 4 is 0 Å². The molecule has 5 atom stereocenters. The molecule has 0 amide bonds. The quantitative estimate of drug-likeness (QED) is 0.773. The number of allylic oxidation sites excluding steroid dienone is 3. The van der Waals surface area contributed by atoms with E-state index in [1.165, 1.54) is 6.42 Å². The largest absolute Gasteiger partial charge is 0.388 e. The molecule has 0 aromatic heterocycles. The molecule has 2 fully saturated rings. The van der Waals surface area contributed by atoms with Crippen LogP contribution in [0.5, 0.6) is 0 Å². The Morgan fingerprint density at radius 3 is 2.69 bits per heavy atom. The topological polar surface area (TPSA) is 57.2 Å². The zero-order valence-corrected chi connectivity index (χ0v) is 18.2. The van der Waals surface area contributed by atoms with Crippen LogP contribution in [0.25, 0.3) is 0 Å². The van der Waals surface area contributed by atoms with E-state index >= 15 is 0 Å². The Hall–Kier alpha value is -0.720. The number of hydrogen-bond donors (Lipinski definition) is 1. The van der Waals surface area contributed by atoms with E-state index in [-0.39, 0.29) is 11.2 Å². The molecule has 1 N–H and O–H groups in total.